The first-order valence-electron chi connectivity index (χ1n) is 5.87. The van der Waals surface area contributed by atoms with Gasteiger partial charge in [0.25, 0.3) is 0 Å². The van der Waals surface area contributed by atoms with Gasteiger partial charge < -0.3 is 14.7 Å². The molecule has 0 unspecified atom stereocenters. The summed E-state index contributed by atoms with van der Waals surface area (Å²) in [5.41, 5.74) is 2.15. The first kappa shape index (κ1) is 11.2. The van der Waals surface area contributed by atoms with Crippen LogP contribution in [0.5, 0.6) is 0 Å². The predicted octanol–water partition coefficient (Wildman–Crippen LogP) is 0.596. The second-order valence-electron chi connectivity index (χ2n) is 4.61. The maximum Gasteiger partial charge on any atom is 0.323 e. The molecule has 3 rings (SSSR count). The molecule has 0 spiro atoms. The summed E-state index contributed by atoms with van der Waals surface area (Å²) in [5.74, 6) is -1.25. The third-order valence-corrected chi connectivity index (χ3v) is 3.53. The van der Waals surface area contributed by atoms with Crippen LogP contribution in [0.3, 0.4) is 0 Å². The van der Waals surface area contributed by atoms with Gasteiger partial charge in [-0.15, -0.1) is 0 Å². The minimum Gasteiger partial charge on any atom is -0.480 e. The lowest BCUT2D eigenvalue weighted by Gasteiger charge is -2.36. The molecule has 1 N–H and O–H groups in total. The van der Waals surface area contributed by atoms with Gasteiger partial charge >= 0.3 is 5.97 Å². The van der Waals surface area contributed by atoms with Gasteiger partial charge in [0.2, 0.25) is 5.91 Å². The lowest BCUT2D eigenvalue weighted by atomic mass is 10.0. The molecule has 1 amide bonds. The maximum atomic E-state index is 11.8. The molecule has 2 atom stereocenters. The van der Waals surface area contributed by atoms with Gasteiger partial charge in [-0.05, 0) is 11.1 Å². The SMILES string of the molecule is O=C(O)CN1C(=O)CO[C@H]2Cc3ccccc3[C@H]21. The van der Waals surface area contributed by atoms with E-state index in [2.05, 4.69) is 0 Å². The molecule has 5 nitrogen and oxygen atoms in total. The summed E-state index contributed by atoms with van der Waals surface area (Å²) in [6.07, 6.45) is 0.629. The highest BCUT2D eigenvalue weighted by Crippen LogP contribution is 2.39. The lowest BCUT2D eigenvalue weighted by Crippen LogP contribution is -2.49. The molecule has 1 aliphatic carbocycles. The third kappa shape index (κ3) is 1.67. The van der Waals surface area contributed by atoms with Crippen LogP contribution in [0.4, 0.5) is 0 Å². The summed E-state index contributed by atoms with van der Waals surface area (Å²) < 4.78 is 5.52. The average Bonchev–Trinajstić information content (AvgIpc) is 2.71. The van der Waals surface area contributed by atoms with Crippen LogP contribution in [-0.4, -0.2) is 41.1 Å². The number of hydrogen-bond donors (Lipinski definition) is 1. The van der Waals surface area contributed by atoms with Crippen molar-refractivity contribution in [3.05, 3.63) is 35.4 Å². The third-order valence-electron chi connectivity index (χ3n) is 3.53. The molecule has 2 aliphatic rings. The zero-order valence-electron chi connectivity index (χ0n) is 9.70. The molecule has 0 saturated carbocycles. The Morgan fingerprint density at radius 3 is 3.00 bits per heavy atom. The van der Waals surface area contributed by atoms with Gasteiger partial charge in [-0.25, -0.2) is 0 Å². The number of hydrogen-bond acceptors (Lipinski definition) is 3. The molecule has 0 radical (unpaired) electrons. The van der Waals surface area contributed by atoms with Gasteiger partial charge in [-0.3, -0.25) is 9.59 Å². The largest absolute Gasteiger partial charge is 0.480 e. The topological polar surface area (TPSA) is 66.8 Å². The molecule has 1 heterocycles. The second kappa shape index (κ2) is 4.10. The Morgan fingerprint density at radius 1 is 1.44 bits per heavy atom. The Balaban J connectivity index is 1.98. The van der Waals surface area contributed by atoms with E-state index < -0.39 is 5.97 Å². The van der Waals surface area contributed by atoms with Crippen LogP contribution in [0.25, 0.3) is 0 Å². The number of aliphatic carboxylic acids is 1. The smallest absolute Gasteiger partial charge is 0.323 e. The number of ether oxygens (including phenoxy) is 1. The molecule has 5 heteroatoms. The van der Waals surface area contributed by atoms with Crippen molar-refractivity contribution in [2.24, 2.45) is 0 Å². The number of fused-ring (bicyclic) bond motifs is 3. The highest BCUT2D eigenvalue weighted by molar-refractivity contribution is 5.83. The summed E-state index contributed by atoms with van der Waals surface area (Å²) in [5, 5.41) is 8.92. The molecule has 1 aromatic carbocycles. The van der Waals surface area contributed by atoms with Crippen LogP contribution in [0.15, 0.2) is 24.3 Å². The molecule has 94 valence electrons. The number of nitrogens with zero attached hydrogens (tertiary/aromatic N) is 1. The summed E-state index contributed by atoms with van der Waals surface area (Å²) >= 11 is 0. The Kier molecular flexibility index (Phi) is 2.56. The Labute approximate surface area is 104 Å². The molecular weight excluding hydrogens is 234 g/mol. The summed E-state index contributed by atoms with van der Waals surface area (Å²) in [7, 11) is 0. The van der Waals surface area contributed by atoms with Gasteiger partial charge in [-0.1, -0.05) is 24.3 Å². The van der Waals surface area contributed by atoms with Gasteiger partial charge in [0.1, 0.15) is 13.2 Å². The number of carbonyl (C=O) groups is 2. The highest BCUT2D eigenvalue weighted by atomic mass is 16.5. The number of carboxylic acid groups (broad SMARTS) is 1. The summed E-state index contributed by atoms with van der Waals surface area (Å²) in [4.78, 5) is 24.1. The fourth-order valence-corrected chi connectivity index (χ4v) is 2.80. The Morgan fingerprint density at radius 2 is 2.22 bits per heavy atom. The molecule has 1 aromatic rings. The summed E-state index contributed by atoms with van der Waals surface area (Å²) in [6, 6.07) is 7.54. The molecule has 1 fully saturated rings. The van der Waals surface area contributed by atoms with Crippen LogP contribution in [0.1, 0.15) is 17.2 Å². The molecular formula is C13H13NO4. The van der Waals surface area contributed by atoms with Crippen molar-refractivity contribution in [2.45, 2.75) is 18.6 Å². The molecule has 1 saturated heterocycles. The number of carboxylic acids is 1. The number of amides is 1. The quantitative estimate of drug-likeness (QED) is 0.830. The van der Waals surface area contributed by atoms with Gasteiger partial charge in [0.05, 0.1) is 12.1 Å². The first-order valence-corrected chi connectivity index (χ1v) is 5.87. The number of benzene rings is 1. The maximum absolute atomic E-state index is 11.8. The van der Waals surface area contributed by atoms with Crippen molar-refractivity contribution < 1.29 is 19.4 Å². The average molecular weight is 247 g/mol. The van der Waals surface area contributed by atoms with E-state index in [0.29, 0.717) is 0 Å². The fourth-order valence-electron chi connectivity index (χ4n) is 2.80. The molecule has 18 heavy (non-hydrogen) atoms. The highest BCUT2D eigenvalue weighted by Gasteiger charge is 2.43. The van der Waals surface area contributed by atoms with Crippen molar-refractivity contribution in [1.29, 1.82) is 0 Å². The lowest BCUT2D eigenvalue weighted by molar-refractivity contribution is -0.162. The minimum absolute atomic E-state index is 0.0254. The van der Waals surface area contributed by atoms with Crippen LogP contribution in [0.2, 0.25) is 0 Å². The molecule has 0 aromatic heterocycles. The normalized spacial score (nSPS) is 25.8. The Hall–Kier alpha value is -1.88. The van der Waals surface area contributed by atoms with E-state index in [1.165, 1.54) is 4.90 Å². The Bertz CT molecular complexity index is 513. The van der Waals surface area contributed by atoms with E-state index in [1.54, 1.807) is 0 Å². The summed E-state index contributed by atoms with van der Waals surface area (Å²) in [6.45, 7) is -0.292. The van der Waals surface area contributed by atoms with Crippen LogP contribution in [-0.2, 0) is 20.7 Å². The fraction of sp³-hybridized carbons (Fsp3) is 0.385. The van der Waals surface area contributed by atoms with Crippen LogP contribution >= 0.6 is 0 Å². The van der Waals surface area contributed by atoms with Gasteiger partial charge in [-0.2, -0.15) is 0 Å². The first-order chi connectivity index (χ1) is 8.66. The number of morpholine rings is 1. The standard InChI is InChI=1S/C13H13NO4/c15-11-7-18-10-5-8-3-1-2-4-9(8)13(10)14(11)6-12(16)17/h1-4,10,13H,5-7H2,(H,16,17)/t10-,13+/m0/s1. The zero-order chi connectivity index (χ0) is 12.7. The van der Waals surface area contributed by atoms with Crippen LogP contribution < -0.4 is 0 Å². The van der Waals surface area contributed by atoms with E-state index in [0.717, 1.165) is 17.5 Å². The van der Waals surface area contributed by atoms with E-state index in [9.17, 15) is 9.59 Å². The van der Waals surface area contributed by atoms with Gasteiger partial charge in [0, 0.05) is 6.42 Å². The predicted molar refractivity (Wildman–Crippen MR) is 62.0 cm³/mol. The molecule has 0 bridgehead atoms. The van der Waals surface area contributed by atoms with E-state index in [1.807, 2.05) is 24.3 Å². The monoisotopic (exact) mass is 247 g/mol. The minimum atomic E-state index is -0.992. The number of carbonyl (C=O) groups excluding carboxylic acids is 1. The van der Waals surface area contributed by atoms with E-state index in [-0.39, 0.29) is 31.2 Å². The van der Waals surface area contributed by atoms with Crippen molar-refractivity contribution in [3.63, 3.8) is 0 Å². The molecule has 1 aliphatic heterocycles. The van der Waals surface area contributed by atoms with Crippen molar-refractivity contribution >= 4 is 11.9 Å². The van der Waals surface area contributed by atoms with E-state index in [4.69, 9.17) is 9.84 Å². The second-order valence-corrected chi connectivity index (χ2v) is 4.61. The zero-order valence-corrected chi connectivity index (χ0v) is 9.70. The van der Waals surface area contributed by atoms with E-state index >= 15 is 0 Å². The van der Waals surface area contributed by atoms with Crippen LogP contribution in [0, 0.1) is 0 Å². The number of rotatable bonds is 2. The van der Waals surface area contributed by atoms with Crippen molar-refractivity contribution in [2.75, 3.05) is 13.2 Å². The van der Waals surface area contributed by atoms with Crippen molar-refractivity contribution in [3.8, 4) is 0 Å². The van der Waals surface area contributed by atoms with Gasteiger partial charge in [0.15, 0.2) is 0 Å². The van der Waals surface area contributed by atoms with Crippen molar-refractivity contribution in [1.82, 2.24) is 4.90 Å².